The maximum atomic E-state index is 14.8. The Bertz CT molecular complexity index is 513. The molecule has 1 heterocycles. The summed E-state index contributed by atoms with van der Waals surface area (Å²) in [5, 5.41) is 0. The summed E-state index contributed by atoms with van der Waals surface area (Å²) in [7, 11) is 0. The van der Waals surface area contributed by atoms with Crippen molar-refractivity contribution >= 4 is 6.09 Å². The predicted molar refractivity (Wildman–Crippen MR) is 94.6 cm³/mol. The van der Waals surface area contributed by atoms with Crippen molar-refractivity contribution in [2.24, 2.45) is 0 Å². The Kier molecular flexibility index (Phi) is 8.13. The minimum absolute atomic E-state index is 0.00361. The van der Waals surface area contributed by atoms with Crippen LogP contribution in [0.5, 0.6) is 0 Å². The van der Waals surface area contributed by atoms with Crippen molar-refractivity contribution in [3.8, 4) is 0 Å². The van der Waals surface area contributed by atoms with Gasteiger partial charge in [0.2, 0.25) is 0 Å². The highest BCUT2D eigenvalue weighted by atomic mass is 19.1. The molecule has 1 fully saturated rings. The molecule has 0 aromatic carbocycles. The molecule has 4 nitrogen and oxygen atoms in total. The summed E-state index contributed by atoms with van der Waals surface area (Å²) in [5.74, 6) is -0.00361. The second-order valence-electron chi connectivity index (χ2n) is 7.13. The van der Waals surface area contributed by atoms with E-state index in [2.05, 4.69) is 0 Å². The summed E-state index contributed by atoms with van der Waals surface area (Å²) >= 11 is 0. The van der Waals surface area contributed by atoms with Crippen LogP contribution >= 0.6 is 0 Å². The number of carbonyl (C=O) groups is 1. The molecular formula is C19H29F2NO3. The van der Waals surface area contributed by atoms with Crippen molar-refractivity contribution in [2.45, 2.75) is 58.2 Å². The van der Waals surface area contributed by atoms with Crippen molar-refractivity contribution in [2.75, 3.05) is 19.7 Å². The van der Waals surface area contributed by atoms with E-state index in [4.69, 9.17) is 9.47 Å². The van der Waals surface area contributed by atoms with Gasteiger partial charge in [-0.05, 0) is 40.2 Å². The number of piperidine rings is 1. The summed E-state index contributed by atoms with van der Waals surface area (Å²) in [5.41, 5.74) is -2.16. The fraction of sp³-hybridized carbons (Fsp3) is 0.632. The van der Waals surface area contributed by atoms with Gasteiger partial charge >= 0.3 is 6.09 Å². The van der Waals surface area contributed by atoms with E-state index in [1.807, 2.05) is 19.1 Å². The zero-order valence-electron chi connectivity index (χ0n) is 15.6. The van der Waals surface area contributed by atoms with E-state index in [0.29, 0.717) is 12.8 Å². The molecule has 0 aromatic heterocycles. The third-order valence-electron chi connectivity index (χ3n) is 3.71. The number of likely N-dealkylation sites (tertiary alicyclic amines) is 1. The van der Waals surface area contributed by atoms with Crippen LogP contribution in [0.25, 0.3) is 0 Å². The first-order valence-corrected chi connectivity index (χ1v) is 8.57. The number of allylic oxidation sites excluding steroid dienone is 4. The Morgan fingerprint density at radius 2 is 1.88 bits per heavy atom. The van der Waals surface area contributed by atoms with Crippen LogP contribution in [-0.4, -0.2) is 42.0 Å². The van der Waals surface area contributed by atoms with Gasteiger partial charge in [0.05, 0.1) is 0 Å². The Morgan fingerprint density at radius 1 is 1.24 bits per heavy atom. The van der Waals surface area contributed by atoms with Gasteiger partial charge in [-0.15, -0.1) is 0 Å². The van der Waals surface area contributed by atoms with E-state index >= 15 is 0 Å². The number of hydrogen-bond acceptors (Lipinski definition) is 3. The average Bonchev–Trinajstić information content (AvgIpc) is 2.53. The van der Waals surface area contributed by atoms with Crippen molar-refractivity contribution < 1.29 is 23.0 Å². The molecular weight excluding hydrogens is 328 g/mol. The van der Waals surface area contributed by atoms with Gasteiger partial charge in [-0.25, -0.2) is 13.6 Å². The van der Waals surface area contributed by atoms with E-state index in [9.17, 15) is 13.6 Å². The van der Waals surface area contributed by atoms with E-state index in [1.54, 1.807) is 26.8 Å². The summed E-state index contributed by atoms with van der Waals surface area (Å²) in [6, 6.07) is 0. The molecule has 0 radical (unpaired) electrons. The normalized spacial score (nSPS) is 18.8. The Balaban J connectivity index is 2.46. The fourth-order valence-electron chi connectivity index (χ4n) is 2.29. The molecule has 1 rings (SSSR count). The van der Waals surface area contributed by atoms with Gasteiger partial charge in [0, 0.05) is 25.9 Å². The molecule has 142 valence electrons. The lowest BCUT2D eigenvalue weighted by molar-refractivity contribution is -0.0187. The monoisotopic (exact) mass is 357 g/mol. The van der Waals surface area contributed by atoms with Crippen LogP contribution in [0.1, 0.15) is 47.0 Å². The molecule has 0 bridgehead atoms. The molecule has 25 heavy (non-hydrogen) atoms. The molecule has 1 amide bonds. The quantitative estimate of drug-likeness (QED) is 0.378. The van der Waals surface area contributed by atoms with Crippen LogP contribution in [0.15, 0.2) is 36.4 Å². The first-order valence-electron chi connectivity index (χ1n) is 8.57. The molecule has 0 saturated carbocycles. The molecule has 1 aliphatic heterocycles. The number of ether oxygens (including phenoxy) is 2. The van der Waals surface area contributed by atoms with Crippen LogP contribution in [0.3, 0.4) is 0 Å². The first kappa shape index (κ1) is 21.2. The van der Waals surface area contributed by atoms with Gasteiger partial charge in [0.1, 0.15) is 30.0 Å². The molecule has 1 saturated heterocycles. The highest BCUT2D eigenvalue weighted by Gasteiger charge is 2.38. The molecule has 0 aromatic rings. The van der Waals surface area contributed by atoms with Crippen LogP contribution in [-0.2, 0) is 9.47 Å². The Labute approximate surface area is 149 Å². The Morgan fingerprint density at radius 3 is 2.40 bits per heavy atom. The molecule has 0 spiro atoms. The van der Waals surface area contributed by atoms with Crippen molar-refractivity contribution in [1.82, 2.24) is 4.90 Å². The van der Waals surface area contributed by atoms with Crippen molar-refractivity contribution in [3.05, 3.63) is 36.4 Å². The van der Waals surface area contributed by atoms with Crippen LogP contribution in [0, 0.1) is 0 Å². The lowest BCUT2D eigenvalue weighted by Gasteiger charge is -2.36. The first-order chi connectivity index (χ1) is 11.7. The van der Waals surface area contributed by atoms with Gasteiger partial charge in [0.25, 0.3) is 0 Å². The fourth-order valence-corrected chi connectivity index (χ4v) is 2.29. The van der Waals surface area contributed by atoms with Crippen LogP contribution in [0.4, 0.5) is 13.6 Å². The summed E-state index contributed by atoms with van der Waals surface area (Å²) < 4.78 is 38.2. The molecule has 0 unspecified atom stereocenters. The number of amides is 1. The lowest BCUT2D eigenvalue weighted by atomic mass is 9.94. The standard InChI is InChI=1S/C19H29F2NO3/c1-5-6-7-8-9-16(14-20)24-15-19(21)10-12-22(13-11-19)17(23)25-18(2,3)4/h5-6,8-9,14H,7,10-13,15H2,1-4H3/b6-5-,9-8?,16-14-. The second kappa shape index (κ2) is 9.59. The van der Waals surface area contributed by atoms with Gasteiger partial charge in [-0.1, -0.05) is 18.2 Å². The van der Waals surface area contributed by atoms with Crippen molar-refractivity contribution in [1.29, 1.82) is 0 Å². The maximum absolute atomic E-state index is 14.8. The number of hydrogen-bond donors (Lipinski definition) is 0. The SMILES string of the molecule is C/C=C\CC=C/C(=C/F)OCC1(F)CCN(C(=O)OC(C)(C)C)CC1. The second-order valence-corrected chi connectivity index (χ2v) is 7.13. The zero-order chi connectivity index (χ0) is 18.9. The van der Waals surface area contributed by atoms with Crippen LogP contribution in [0.2, 0.25) is 0 Å². The van der Waals surface area contributed by atoms with E-state index in [1.165, 1.54) is 11.0 Å². The molecule has 1 aliphatic rings. The number of carbonyl (C=O) groups excluding carboxylic acids is 1. The van der Waals surface area contributed by atoms with Gasteiger partial charge in [0.15, 0.2) is 0 Å². The minimum atomic E-state index is -1.58. The highest BCUT2D eigenvalue weighted by Crippen LogP contribution is 2.28. The maximum Gasteiger partial charge on any atom is 0.410 e. The number of alkyl halides is 1. The summed E-state index contributed by atoms with van der Waals surface area (Å²) in [6.45, 7) is 7.52. The largest absolute Gasteiger partial charge is 0.488 e. The van der Waals surface area contributed by atoms with E-state index in [-0.39, 0.29) is 38.3 Å². The molecule has 0 N–H and O–H groups in total. The predicted octanol–water partition coefficient (Wildman–Crippen LogP) is 5.08. The van der Waals surface area contributed by atoms with E-state index < -0.39 is 17.4 Å². The van der Waals surface area contributed by atoms with Gasteiger partial charge in [-0.2, -0.15) is 0 Å². The topological polar surface area (TPSA) is 38.8 Å². The summed E-state index contributed by atoms with van der Waals surface area (Å²) in [4.78, 5) is 13.5. The molecule has 6 heteroatoms. The average molecular weight is 357 g/mol. The number of halogens is 2. The van der Waals surface area contributed by atoms with Gasteiger partial charge in [-0.3, -0.25) is 0 Å². The van der Waals surface area contributed by atoms with Crippen LogP contribution < -0.4 is 0 Å². The molecule has 0 atom stereocenters. The minimum Gasteiger partial charge on any atom is -0.488 e. The van der Waals surface area contributed by atoms with E-state index in [0.717, 1.165) is 0 Å². The lowest BCUT2D eigenvalue weighted by Crippen LogP contribution is -2.48. The number of rotatable bonds is 6. The smallest absolute Gasteiger partial charge is 0.410 e. The zero-order valence-corrected chi connectivity index (χ0v) is 15.6. The third-order valence-corrected chi connectivity index (χ3v) is 3.71. The van der Waals surface area contributed by atoms with Crippen molar-refractivity contribution in [3.63, 3.8) is 0 Å². The summed E-state index contributed by atoms with van der Waals surface area (Å²) in [6.07, 6.45) is 7.83. The Hall–Kier alpha value is -1.85. The third kappa shape index (κ3) is 8.18. The molecule has 0 aliphatic carbocycles. The van der Waals surface area contributed by atoms with Gasteiger partial charge < -0.3 is 14.4 Å². The highest BCUT2D eigenvalue weighted by molar-refractivity contribution is 5.68. The number of nitrogens with zero attached hydrogens (tertiary/aromatic N) is 1.